The summed E-state index contributed by atoms with van der Waals surface area (Å²) in [7, 11) is 1.23. The van der Waals surface area contributed by atoms with E-state index in [0.717, 1.165) is 5.06 Å². The molecule has 0 aliphatic carbocycles. The van der Waals surface area contributed by atoms with Crippen molar-refractivity contribution in [1.29, 1.82) is 0 Å². The van der Waals surface area contributed by atoms with Crippen LogP contribution >= 0.6 is 0 Å². The summed E-state index contributed by atoms with van der Waals surface area (Å²) in [6.07, 6.45) is -10.8. The molecule has 1 heterocycles. The van der Waals surface area contributed by atoms with Gasteiger partial charge in [-0.3, -0.25) is 4.90 Å². The number of amides is 1. The second-order valence-electron chi connectivity index (χ2n) is 8.49. The maximum Gasteiger partial charge on any atom is 0.429 e. The van der Waals surface area contributed by atoms with Crippen molar-refractivity contribution in [2.75, 3.05) is 20.1 Å². The predicted octanol–water partition coefficient (Wildman–Crippen LogP) is 5.69. The maximum absolute atomic E-state index is 13.6. The molecule has 2 aromatic carbocycles. The van der Waals surface area contributed by atoms with Crippen molar-refractivity contribution in [3.63, 3.8) is 0 Å². The van der Waals surface area contributed by atoms with Gasteiger partial charge in [-0.15, -0.1) is 5.06 Å². The zero-order valence-corrected chi connectivity index (χ0v) is 19.1. The molecule has 1 aliphatic rings. The van der Waals surface area contributed by atoms with Crippen LogP contribution in [0.5, 0.6) is 0 Å². The minimum atomic E-state index is -4.98. The first kappa shape index (κ1) is 26.7. The fourth-order valence-electron chi connectivity index (χ4n) is 4.09. The lowest BCUT2D eigenvalue weighted by Crippen LogP contribution is -2.55. The first-order valence-electron chi connectivity index (χ1n) is 10.6. The minimum absolute atomic E-state index is 0.0353. The van der Waals surface area contributed by atoms with Gasteiger partial charge in [0, 0.05) is 26.2 Å². The van der Waals surface area contributed by atoms with E-state index in [-0.39, 0.29) is 17.7 Å². The van der Waals surface area contributed by atoms with Crippen LogP contribution in [0.15, 0.2) is 36.4 Å². The number of hydrogen-bond donors (Lipinski definition) is 1. The first-order chi connectivity index (χ1) is 16.2. The highest BCUT2D eigenvalue weighted by molar-refractivity contribution is 5.69. The molecule has 2 aromatic rings. The Kier molecular flexibility index (Phi) is 7.65. The van der Waals surface area contributed by atoms with Gasteiger partial charge in [0.25, 0.3) is 0 Å². The molecule has 3 rings (SSSR count). The Balaban J connectivity index is 1.81. The number of carbonyl (C=O) groups is 1. The third-order valence-corrected chi connectivity index (χ3v) is 5.68. The highest BCUT2D eigenvalue weighted by Gasteiger charge is 2.38. The van der Waals surface area contributed by atoms with Crippen molar-refractivity contribution in [1.82, 2.24) is 15.3 Å². The van der Waals surface area contributed by atoms with Gasteiger partial charge in [-0.05, 0) is 60.9 Å². The van der Waals surface area contributed by atoms with Crippen LogP contribution in [0.1, 0.15) is 40.8 Å². The van der Waals surface area contributed by atoms with Crippen molar-refractivity contribution < 1.29 is 40.4 Å². The Morgan fingerprint density at radius 3 is 2.20 bits per heavy atom. The summed E-state index contributed by atoms with van der Waals surface area (Å²) < 4.78 is 92.3. The quantitative estimate of drug-likeness (QED) is 0.427. The smallest absolute Gasteiger partial charge is 0.351 e. The van der Waals surface area contributed by atoms with Crippen molar-refractivity contribution in [2.45, 2.75) is 44.8 Å². The van der Waals surface area contributed by atoms with Crippen LogP contribution in [0.3, 0.4) is 0 Å². The fourth-order valence-corrected chi connectivity index (χ4v) is 4.09. The Bertz CT molecular complexity index is 1040. The van der Waals surface area contributed by atoms with E-state index < -0.39 is 48.0 Å². The lowest BCUT2D eigenvalue weighted by Gasteiger charge is -2.41. The lowest BCUT2D eigenvalue weighted by atomic mass is 9.97. The summed E-state index contributed by atoms with van der Waals surface area (Å²) in [5, 5.41) is 4.05. The normalized spacial score (nSPS) is 19.2. The number of benzene rings is 2. The van der Waals surface area contributed by atoms with Crippen molar-refractivity contribution in [3.8, 4) is 0 Å². The Labute approximate surface area is 197 Å². The zero-order chi connectivity index (χ0) is 26.1. The van der Waals surface area contributed by atoms with Crippen molar-refractivity contribution >= 4 is 6.09 Å². The van der Waals surface area contributed by atoms with Gasteiger partial charge in [-0.1, -0.05) is 6.07 Å². The summed E-state index contributed by atoms with van der Waals surface area (Å²) in [5.74, 6) is -0.434. The van der Waals surface area contributed by atoms with E-state index in [2.05, 4.69) is 5.32 Å². The van der Waals surface area contributed by atoms with E-state index in [0.29, 0.717) is 36.3 Å². The number of rotatable bonds is 4. The van der Waals surface area contributed by atoms with Gasteiger partial charge in [0.2, 0.25) is 0 Å². The van der Waals surface area contributed by atoms with Crippen LogP contribution in [-0.4, -0.2) is 42.2 Å². The average Bonchev–Trinajstić information content (AvgIpc) is 2.72. The topological polar surface area (TPSA) is 44.8 Å². The van der Waals surface area contributed by atoms with E-state index in [1.807, 2.05) is 0 Å². The lowest BCUT2D eigenvalue weighted by molar-refractivity contribution is -0.143. The van der Waals surface area contributed by atoms with E-state index >= 15 is 0 Å². The molecule has 1 amide bonds. The summed E-state index contributed by atoms with van der Waals surface area (Å²) in [5.41, 5.74) is -1.95. The van der Waals surface area contributed by atoms with Crippen LogP contribution in [0.4, 0.5) is 35.5 Å². The molecule has 1 aliphatic heterocycles. The number of aryl methyl sites for hydroxylation is 1. The van der Waals surface area contributed by atoms with Crippen LogP contribution in [0.25, 0.3) is 0 Å². The molecule has 35 heavy (non-hydrogen) atoms. The van der Waals surface area contributed by atoms with Gasteiger partial charge in [0.05, 0.1) is 23.7 Å². The third kappa shape index (κ3) is 6.43. The molecule has 1 saturated heterocycles. The highest BCUT2D eigenvalue weighted by atomic mass is 19.4. The highest BCUT2D eigenvalue weighted by Crippen LogP contribution is 2.36. The van der Waals surface area contributed by atoms with Gasteiger partial charge in [-0.2, -0.15) is 26.3 Å². The van der Waals surface area contributed by atoms with E-state index in [1.54, 1.807) is 19.9 Å². The number of nitrogens with zero attached hydrogens (tertiary/aromatic N) is 2. The first-order valence-corrected chi connectivity index (χ1v) is 10.6. The molecule has 0 radical (unpaired) electrons. The van der Waals surface area contributed by atoms with Gasteiger partial charge in [0.1, 0.15) is 5.82 Å². The molecule has 1 N–H and O–H groups in total. The Hall–Kier alpha value is -2.86. The van der Waals surface area contributed by atoms with Crippen LogP contribution in [0.2, 0.25) is 0 Å². The zero-order valence-electron chi connectivity index (χ0n) is 19.1. The second-order valence-corrected chi connectivity index (χ2v) is 8.49. The molecular weight excluding hydrogens is 483 g/mol. The van der Waals surface area contributed by atoms with E-state index in [4.69, 9.17) is 4.84 Å². The maximum atomic E-state index is 13.6. The monoisotopic (exact) mass is 507 g/mol. The van der Waals surface area contributed by atoms with Gasteiger partial charge in [0.15, 0.2) is 0 Å². The Morgan fingerprint density at radius 1 is 1.06 bits per heavy atom. The molecule has 5 nitrogen and oxygen atoms in total. The van der Waals surface area contributed by atoms with E-state index in [9.17, 15) is 35.5 Å². The largest absolute Gasteiger partial charge is 0.429 e. The fraction of sp³-hybridized carbons (Fsp3) is 0.435. The Morgan fingerprint density at radius 2 is 1.66 bits per heavy atom. The van der Waals surface area contributed by atoms with E-state index in [1.165, 1.54) is 24.1 Å². The number of piperazine rings is 1. The summed E-state index contributed by atoms with van der Waals surface area (Å²) >= 11 is 0. The summed E-state index contributed by atoms with van der Waals surface area (Å²) in [4.78, 5) is 19.7. The molecule has 0 aromatic heterocycles. The third-order valence-electron chi connectivity index (χ3n) is 5.68. The predicted molar refractivity (Wildman–Crippen MR) is 112 cm³/mol. The molecule has 2 atom stereocenters. The molecule has 2 unspecified atom stereocenters. The molecule has 192 valence electrons. The number of hydrogen-bond acceptors (Lipinski definition) is 4. The molecule has 12 heteroatoms. The number of hydroxylamine groups is 2. The summed E-state index contributed by atoms with van der Waals surface area (Å²) in [6.45, 7) is 3.71. The molecular formula is C23H24F7N3O2. The average molecular weight is 507 g/mol. The summed E-state index contributed by atoms with van der Waals surface area (Å²) in [6, 6.07) is 4.47. The molecule has 1 fully saturated rings. The molecule has 0 bridgehead atoms. The molecule has 0 spiro atoms. The van der Waals surface area contributed by atoms with Crippen LogP contribution < -0.4 is 5.32 Å². The molecule has 0 saturated carbocycles. The second kappa shape index (κ2) is 10.0. The number of halogens is 7. The standard InChI is InChI=1S/C23H24F7N3O2/c1-13-6-18(24)4-5-19(13)20-11-31-10-14(2)33(20)21(34)35-32(3)12-15-7-16(22(25,26)27)9-17(8-15)23(28,29)30/h4-9,14,20,31H,10-12H2,1-3H3. The number of nitrogens with one attached hydrogen (secondary N) is 1. The van der Waals surface area contributed by atoms with Gasteiger partial charge < -0.3 is 10.2 Å². The van der Waals surface area contributed by atoms with Crippen molar-refractivity contribution in [2.24, 2.45) is 0 Å². The number of alkyl halides is 6. The minimum Gasteiger partial charge on any atom is -0.351 e. The van der Waals surface area contributed by atoms with Crippen molar-refractivity contribution in [3.05, 3.63) is 70.0 Å². The van der Waals surface area contributed by atoms with Crippen LogP contribution in [-0.2, 0) is 23.7 Å². The number of carbonyl (C=O) groups excluding carboxylic acids is 1. The van der Waals surface area contributed by atoms with Gasteiger partial charge in [-0.25, -0.2) is 9.18 Å². The van der Waals surface area contributed by atoms with Gasteiger partial charge >= 0.3 is 18.4 Å². The van der Waals surface area contributed by atoms with Crippen LogP contribution in [0, 0.1) is 12.7 Å². The SMILES string of the molecule is Cc1cc(F)ccc1C1CNCC(C)N1C(=O)ON(C)Cc1cc(C(F)(F)F)cc(C(F)(F)F)c1.